The van der Waals surface area contributed by atoms with Crippen molar-refractivity contribution < 1.29 is 68.7 Å². The highest BCUT2D eigenvalue weighted by Gasteiger charge is 2.51. The molecule has 6 N–H and O–H groups in total. The van der Waals surface area contributed by atoms with Gasteiger partial charge in [0.25, 0.3) is 0 Å². The number of allylic oxidation sites excluding steroid dienone is 2. The minimum atomic E-state index is -1.72. The van der Waals surface area contributed by atoms with Gasteiger partial charge in [-0.2, -0.15) is 0 Å². The number of unbranched alkanes of at least 4 members (excludes halogenated alkanes) is 9. The quantitative estimate of drug-likeness (QED) is 0.0545. The van der Waals surface area contributed by atoms with Gasteiger partial charge in [-0.3, -0.25) is 14.4 Å². The molecule has 1 unspecified atom stereocenters. The van der Waals surface area contributed by atoms with E-state index in [9.17, 15) is 39.9 Å². The Kier molecular flexibility index (Phi) is 19.7. The Morgan fingerprint density at radius 1 is 0.667 bits per heavy atom. The molecule has 0 aromatic rings. The van der Waals surface area contributed by atoms with Gasteiger partial charge in [0.2, 0.25) is 0 Å². The number of rotatable bonds is 22. The molecule has 0 aliphatic carbocycles. The lowest BCUT2D eigenvalue weighted by molar-refractivity contribution is -0.344. The highest BCUT2D eigenvalue weighted by atomic mass is 16.7. The highest BCUT2D eigenvalue weighted by molar-refractivity contribution is 5.66. The fourth-order valence-electron chi connectivity index (χ4n) is 5.99. The van der Waals surface area contributed by atoms with Crippen LogP contribution in [-0.2, 0) is 38.1 Å². The van der Waals surface area contributed by atoms with Gasteiger partial charge < -0.3 is 54.3 Å². The van der Waals surface area contributed by atoms with Crippen molar-refractivity contribution in [2.24, 2.45) is 5.92 Å². The minimum absolute atomic E-state index is 0.214. The number of aliphatic carboxylic acids is 1. The zero-order chi connectivity index (χ0) is 35.6. The van der Waals surface area contributed by atoms with Gasteiger partial charge in [-0.25, -0.2) is 0 Å². The molecule has 278 valence electrons. The number of carboxylic acids is 1. The van der Waals surface area contributed by atoms with Crippen LogP contribution < -0.4 is 0 Å². The maximum Gasteiger partial charge on any atom is 0.303 e. The number of carboxylic acid groups (broad SMARTS) is 1. The van der Waals surface area contributed by atoms with Crippen LogP contribution in [0.5, 0.6) is 0 Å². The summed E-state index contributed by atoms with van der Waals surface area (Å²) in [5.41, 5.74) is 0. The number of esters is 2. The van der Waals surface area contributed by atoms with E-state index < -0.39 is 85.7 Å². The maximum atomic E-state index is 11.4. The molecule has 0 aromatic carbocycles. The van der Waals surface area contributed by atoms with E-state index in [0.29, 0.717) is 6.42 Å². The van der Waals surface area contributed by atoms with Crippen LogP contribution in [0.15, 0.2) is 12.2 Å². The van der Waals surface area contributed by atoms with Crippen molar-refractivity contribution >= 4 is 17.9 Å². The van der Waals surface area contributed by atoms with E-state index in [1.165, 1.54) is 13.8 Å². The molecule has 2 aliphatic rings. The predicted molar refractivity (Wildman–Crippen MR) is 171 cm³/mol. The number of hydrogen-bond acceptors (Lipinski definition) is 13. The van der Waals surface area contributed by atoms with Crippen LogP contribution in [0, 0.1) is 5.92 Å². The number of carbonyl (C=O) groups is 3. The first-order chi connectivity index (χ1) is 22.8. The Morgan fingerprint density at radius 2 is 1.17 bits per heavy atom. The average molecular weight is 691 g/mol. The third-order valence-corrected chi connectivity index (χ3v) is 8.85. The predicted octanol–water partition coefficient (Wildman–Crippen LogP) is 2.14. The topological polar surface area (TPSA) is 219 Å². The molecule has 48 heavy (non-hydrogen) atoms. The van der Waals surface area contributed by atoms with E-state index in [0.717, 1.165) is 70.6 Å². The number of hydrogen-bond donors (Lipinski definition) is 6. The first-order valence-corrected chi connectivity index (χ1v) is 17.3. The van der Waals surface area contributed by atoms with Crippen molar-refractivity contribution in [3.05, 3.63) is 12.2 Å². The van der Waals surface area contributed by atoms with Gasteiger partial charge >= 0.3 is 17.9 Å². The summed E-state index contributed by atoms with van der Waals surface area (Å²) in [4.78, 5) is 33.3. The molecule has 0 radical (unpaired) electrons. The van der Waals surface area contributed by atoms with Gasteiger partial charge in [-0.15, -0.1) is 0 Å². The van der Waals surface area contributed by atoms with Crippen LogP contribution in [-0.4, -0.2) is 123 Å². The van der Waals surface area contributed by atoms with Gasteiger partial charge in [0.15, 0.2) is 6.29 Å². The summed E-state index contributed by atoms with van der Waals surface area (Å²) in [6.45, 7) is 3.59. The normalized spacial score (nSPS) is 31.4. The molecule has 2 saturated heterocycles. The largest absolute Gasteiger partial charge is 0.481 e. The van der Waals surface area contributed by atoms with Crippen LogP contribution in [0.4, 0.5) is 0 Å². The summed E-state index contributed by atoms with van der Waals surface area (Å²) >= 11 is 0. The Morgan fingerprint density at radius 3 is 1.73 bits per heavy atom. The summed E-state index contributed by atoms with van der Waals surface area (Å²) < 4.78 is 27.7. The monoisotopic (exact) mass is 690 g/mol. The third kappa shape index (κ3) is 14.8. The van der Waals surface area contributed by atoms with E-state index in [1.807, 2.05) is 6.92 Å². The Balaban J connectivity index is 1.88. The molecule has 2 rings (SSSR count). The standard InChI is InChI=1S/C34H58O14/c1-21(17-15-13-11-9-7-5-4-6-8-10-12-14-16-18-26(37)38)32-33(30(42)28(40)24(46-32)19-44-22(2)35)48-34-31(43)29(41)27(39)25(47-34)20-45-23(3)36/h4-5,21,24-25,27-34,39-43H,6-20H2,1-3H3,(H,37,38)/t21?,24-,25-,27-,28-,29+,30+,31-,32+,33-,34+/m1/s1. The van der Waals surface area contributed by atoms with E-state index in [2.05, 4.69) is 12.2 Å². The number of carbonyl (C=O) groups excluding carboxylic acids is 2. The summed E-state index contributed by atoms with van der Waals surface area (Å²) in [5.74, 6) is -2.16. The highest BCUT2D eigenvalue weighted by Crippen LogP contribution is 2.34. The molecule has 14 heteroatoms. The van der Waals surface area contributed by atoms with Gasteiger partial charge in [0.05, 0.1) is 6.10 Å². The van der Waals surface area contributed by atoms with E-state index in [-0.39, 0.29) is 18.9 Å². The Labute approximate surface area is 283 Å². The van der Waals surface area contributed by atoms with E-state index in [4.69, 9.17) is 28.8 Å². The second-order valence-corrected chi connectivity index (χ2v) is 13.0. The van der Waals surface area contributed by atoms with Crippen LogP contribution >= 0.6 is 0 Å². The summed E-state index contributed by atoms with van der Waals surface area (Å²) in [7, 11) is 0. The van der Waals surface area contributed by atoms with Crippen molar-refractivity contribution in [2.45, 2.75) is 165 Å². The molecule has 11 atom stereocenters. The second-order valence-electron chi connectivity index (χ2n) is 13.0. The van der Waals surface area contributed by atoms with Crippen molar-refractivity contribution in [2.75, 3.05) is 13.2 Å². The lowest BCUT2D eigenvalue weighted by atomic mass is 9.85. The molecule has 2 heterocycles. The molecule has 0 amide bonds. The third-order valence-electron chi connectivity index (χ3n) is 8.85. The smallest absolute Gasteiger partial charge is 0.303 e. The maximum absolute atomic E-state index is 11.4. The minimum Gasteiger partial charge on any atom is -0.481 e. The lowest BCUT2D eigenvalue weighted by Crippen LogP contribution is -2.65. The van der Waals surface area contributed by atoms with Crippen molar-refractivity contribution in [1.29, 1.82) is 0 Å². The number of aliphatic hydroxyl groups is 5. The van der Waals surface area contributed by atoms with Crippen LogP contribution in [0.2, 0.25) is 0 Å². The molecule has 0 aromatic heterocycles. The van der Waals surface area contributed by atoms with Crippen LogP contribution in [0.3, 0.4) is 0 Å². The van der Waals surface area contributed by atoms with E-state index in [1.54, 1.807) is 0 Å². The molecule has 0 spiro atoms. The zero-order valence-electron chi connectivity index (χ0n) is 28.6. The summed E-state index contributed by atoms with van der Waals surface area (Å²) in [5, 5.41) is 62.0. The Bertz CT molecular complexity index is 975. The van der Waals surface area contributed by atoms with Crippen molar-refractivity contribution in [3.8, 4) is 0 Å². The zero-order valence-corrected chi connectivity index (χ0v) is 28.6. The molecular weight excluding hydrogens is 632 g/mol. The van der Waals surface area contributed by atoms with Gasteiger partial charge in [-0.1, -0.05) is 57.6 Å². The SMILES string of the molecule is CC(=O)OC[C@H]1O[C@@H](O[C@@H]2[C@@H](O)[C@H](O)[C@@H](COC(C)=O)O[C@H]2C(C)CCCCCCC=CCCCCCCCC(=O)O)[C@H](O)[C@@H](O)[C@@H]1O. The number of ether oxygens (including phenoxy) is 5. The summed E-state index contributed by atoms with van der Waals surface area (Å²) in [6.07, 6.45) is 2.25. The fourth-order valence-corrected chi connectivity index (χ4v) is 5.99. The second kappa shape index (κ2) is 22.5. The van der Waals surface area contributed by atoms with Gasteiger partial charge in [0, 0.05) is 20.3 Å². The number of aliphatic hydroxyl groups excluding tert-OH is 5. The summed E-state index contributed by atoms with van der Waals surface area (Å²) in [6, 6.07) is 0. The van der Waals surface area contributed by atoms with E-state index >= 15 is 0 Å². The van der Waals surface area contributed by atoms with Gasteiger partial charge in [-0.05, 0) is 44.4 Å². The molecular formula is C34H58O14. The average Bonchev–Trinajstić information content (AvgIpc) is 3.03. The van der Waals surface area contributed by atoms with Gasteiger partial charge in [0.1, 0.15) is 62.0 Å². The van der Waals surface area contributed by atoms with Crippen molar-refractivity contribution in [1.82, 2.24) is 0 Å². The molecule has 0 bridgehead atoms. The lowest BCUT2D eigenvalue weighted by Gasteiger charge is -2.47. The first kappa shape index (κ1) is 42.0. The molecule has 2 aliphatic heterocycles. The van der Waals surface area contributed by atoms with Crippen LogP contribution in [0.1, 0.15) is 104 Å². The fraction of sp³-hybridized carbons (Fsp3) is 0.853. The molecule has 2 fully saturated rings. The molecule has 14 nitrogen and oxygen atoms in total. The Hall–Kier alpha value is -2.17. The van der Waals surface area contributed by atoms with Crippen LogP contribution in [0.25, 0.3) is 0 Å². The first-order valence-electron chi connectivity index (χ1n) is 17.3. The molecule has 0 saturated carbocycles. The van der Waals surface area contributed by atoms with Crippen molar-refractivity contribution in [3.63, 3.8) is 0 Å².